The predicted molar refractivity (Wildman–Crippen MR) is 100 cm³/mol. The van der Waals surface area contributed by atoms with Crippen LogP contribution in [0.25, 0.3) is 0 Å². The highest BCUT2D eigenvalue weighted by atomic mass is 16.5. The highest BCUT2D eigenvalue weighted by molar-refractivity contribution is 5.75. The maximum atomic E-state index is 12.8. The van der Waals surface area contributed by atoms with Crippen LogP contribution in [0.1, 0.15) is 38.7 Å². The smallest absolute Gasteiger partial charge is 0.318 e. The molecule has 26 heavy (non-hydrogen) atoms. The van der Waals surface area contributed by atoms with Gasteiger partial charge in [-0.2, -0.15) is 0 Å². The van der Waals surface area contributed by atoms with E-state index in [2.05, 4.69) is 19.2 Å². The molecule has 1 aromatic rings. The van der Waals surface area contributed by atoms with Crippen LogP contribution in [0.15, 0.2) is 30.3 Å². The third kappa shape index (κ3) is 6.67. The summed E-state index contributed by atoms with van der Waals surface area (Å²) in [6.45, 7) is 5.94. The molecule has 0 spiro atoms. The molecule has 1 aliphatic rings. The first-order valence-corrected chi connectivity index (χ1v) is 9.36. The van der Waals surface area contributed by atoms with E-state index in [0.29, 0.717) is 38.5 Å². The lowest BCUT2D eigenvalue weighted by Gasteiger charge is -2.37. The molecule has 2 atom stereocenters. The van der Waals surface area contributed by atoms with E-state index in [1.165, 1.54) is 0 Å². The molecule has 144 valence electrons. The standard InChI is InChI=1S/C20H30N2O4/c1-15(2)12-18-14-26-11-10-22(18)20(25)21-17(8-9-19(23)24)13-16-6-4-3-5-7-16/h3-7,15,17-18H,8-14H2,1-2H3,(H,21,25)(H,23,24). The van der Waals surface area contributed by atoms with Crippen molar-refractivity contribution in [1.29, 1.82) is 0 Å². The van der Waals surface area contributed by atoms with Crippen LogP contribution >= 0.6 is 0 Å². The van der Waals surface area contributed by atoms with E-state index in [0.717, 1.165) is 12.0 Å². The van der Waals surface area contributed by atoms with Gasteiger partial charge < -0.3 is 20.1 Å². The van der Waals surface area contributed by atoms with Crippen molar-refractivity contribution in [2.45, 2.75) is 51.6 Å². The number of ether oxygens (including phenoxy) is 1. The van der Waals surface area contributed by atoms with Gasteiger partial charge in [0.1, 0.15) is 0 Å². The Bertz CT molecular complexity index is 576. The first-order chi connectivity index (χ1) is 12.5. The minimum atomic E-state index is -0.846. The van der Waals surface area contributed by atoms with Crippen LogP contribution in [-0.2, 0) is 16.0 Å². The minimum Gasteiger partial charge on any atom is -0.481 e. The van der Waals surface area contributed by atoms with Crippen molar-refractivity contribution in [3.63, 3.8) is 0 Å². The van der Waals surface area contributed by atoms with Crippen molar-refractivity contribution >= 4 is 12.0 Å². The highest BCUT2D eigenvalue weighted by Gasteiger charge is 2.29. The molecule has 0 aromatic heterocycles. The Morgan fingerprint density at radius 3 is 2.69 bits per heavy atom. The first kappa shape index (κ1) is 20.2. The third-order valence-corrected chi connectivity index (χ3v) is 4.59. The molecule has 1 heterocycles. The Balaban J connectivity index is 2.02. The number of urea groups is 1. The summed E-state index contributed by atoms with van der Waals surface area (Å²) in [5, 5.41) is 12.1. The number of benzene rings is 1. The molecule has 1 fully saturated rings. The first-order valence-electron chi connectivity index (χ1n) is 9.36. The van der Waals surface area contributed by atoms with Gasteiger partial charge in [-0.1, -0.05) is 44.2 Å². The number of hydrogen-bond acceptors (Lipinski definition) is 3. The Hall–Kier alpha value is -2.08. The molecule has 6 nitrogen and oxygen atoms in total. The number of carbonyl (C=O) groups excluding carboxylic acids is 1. The number of morpholine rings is 1. The molecular weight excluding hydrogens is 332 g/mol. The van der Waals surface area contributed by atoms with Crippen molar-refractivity contribution in [3.8, 4) is 0 Å². The monoisotopic (exact) mass is 362 g/mol. The molecule has 2 rings (SSSR count). The Morgan fingerprint density at radius 1 is 1.31 bits per heavy atom. The van der Waals surface area contributed by atoms with E-state index in [1.54, 1.807) is 0 Å². The van der Waals surface area contributed by atoms with Gasteiger partial charge in [-0.15, -0.1) is 0 Å². The number of hydrogen-bond donors (Lipinski definition) is 2. The average Bonchev–Trinajstić information content (AvgIpc) is 2.60. The van der Waals surface area contributed by atoms with Crippen molar-refractivity contribution in [2.24, 2.45) is 5.92 Å². The van der Waals surface area contributed by atoms with Gasteiger partial charge in [-0.25, -0.2) is 4.79 Å². The van der Waals surface area contributed by atoms with E-state index in [4.69, 9.17) is 9.84 Å². The molecule has 0 aliphatic carbocycles. The maximum absolute atomic E-state index is 12.8. The zero-order valence-electron chi connectivity index (χ0n) is 15.7. The zero-order chi connectivity index (χ0) is 18.9. The fourth-order valence-electron chi connectivity index (χ4n) is 3.34. The fourth-order valence-corrected chi connectivity index (χ4v) is 3.34. The Morgan fingerprint density at radius 2 is 2.04 bits per heavy atom. The lowest BCUT2D eigenvalue weighted by Crippen LogP contribution is -2.55. The molecule has 1 aromatic carbocycles. The number of carbonyl (C=O) groups is 2. The average molecular weight is 362 g/mol. The lowest BCUT2D eigenvalue weighted by atomic mass is 10.0. The summed E-state index contributed by atoms with van der Waals surface area (Å²) < 4.78 is 5.54. The summed E-state index contributed by atoms with van der Waals surface area (Å²) in [7, 11) is 0. The van der Waals surface area contributed by atoms with Crippen LogP contribution in [0.3, 0.4) is 0 Å². The normalized spacial score (nSPS) is 18.6. The molecule has 2 unspecified atom stereocenters. The second-order valence-corrected chi connectivity index (χ2v) is 7.32. The SMILES string of the molecule is CC(C)CC1COCCN1C(=O)NC(CCC(=O)O)Cc1ccccc1. The van der Waals surface area contributed by atoms with Crippen LogP contribution in [-0.4, -0.2) is 53.8 Å². The molecule has 0 bridgehead atoms. The van der Waals surface area contributed by atoms with Gasteiger partial charge in [0.25, 0.3) is 0 Å². The summed E-state index contributed by atoms with van der Waals surface area (Å²) in [6, 6.07) is 9.58. The highest BCUT2D eigenvalue weighted by Crippen LogP contribution is 2.17. The van der Waals surface area contributed by atoms with Crippen molar-refractivity contribution in [1.82, 2.24) is 10.2 Å². The van der Waals surface area contributed by atoms with E-state index in [9.17, 15) is 9.59 Å². The van der Waals surface area contributed by atoms with Crippen LogP contribution in [0.2, 0.25) is 0 Å². The third-order valence-electron chi connectivity index (χ3n) is 4.59. The van der Waals surface area contributed by atoms with Crippen molar-refractivity contribution < 1.29 is 19.4 Å². The van der Waals surface area contributed by atoms with Gasteiger partial charge in [0.2, 0.25) is 0 Å². The van der Waals surface area contributed by atoms with E-state index in [1.807, 2.05) is 35.2 Å². The summed E-state index contributed by atoms with van der Waals surface area (Å²) in [4.78, 5) is 25.7. The predicted octanol–water partition coefficient (Wildman–Crippen LogP) is 2.92. The largest absolute Gasteiger partial charge is 0.481 e. The second kappa shape index (κ2) is 10.2. The summed E-state index contributed by atoms with van der Waals surface area (Å²) >= 11 is 0. The van der Waals surface area contributed by atoms with Crippen LogP contribution < -0.4 is 5.32 Å². The molecule has 2 amide bonds. The number of carboxylic acid groups (broad SMARTS) is 1. The minimum absolute atomic E-state index is 0.0380. The molecule has 0 saturated carbocycles. The Kier molecular flexibility index (Phi) is 7.91. The van der Waals surface area contributed by atoms with Gasteiger partial charge in [-0.3, -0.25) is 4.79 Å². The van der Waals surface area contributed by atoms with E-state index in [-0.39, 0.29) is 24.5 Å². The molecule has 6 heteroatoms. The summed E-state index contributed by atoms with van der Waals surface area (Å²) in [5.74, 6) is -0.370. The van der Waals surface area contributed by atoms with Crippen LogP contribution in [0.5, 0.6) is 0 Å². The van der Waals surface area contributed by atoms with Crippen molar-refractivity contribution in [2.75, 3.05) is 19.8 Å². The number of amides is 2. The molecule has 2 N–H and O–H groups in total. The molecule has 0 radical (unpaired) electrons. The Labute approximate surface area is 155 Å². The van der Waals surface area contributed by atoms with Gasteiger partial charge >= 0.3 is 12.0 Å². The molecule has 1 aliphatic heterocycles. The number of aliphatic carboxylic acids is 1. The fraction of sp³-hybridized carbons (Fsp3) is 0.600. The van der Waals surface area contributed by atoms with Crippen LogP contribution in [0, 0.1) is 5.92 Å². The number of nitrogens with zero attached hydrogens (tertiary/aromatic N) is 1. The maximum Gasteiger partial charge on any atom is 0.318 e. The summed E-state index contributed by atoms with van der Waals surface area (Å²) in [5.41, 5.74) is 1.09. The summed E-state index contributed by atoms with van der Waals surface area (Å²) in [6.07, 6.45) is 1.97. The molecule has 1 saturated heterocycles. The molecular formula is C20H30N2O4. The van der Waals surface area contributed by atoms with Crippen LogP contribution in [0.4, 0.5) is 4.79 Å². The topological polar surface area (TPSA) is 78.9 Å². The number of nitrogens with one attached hydrogen (secondary N) is 1. The second-order valence-electron chi connectivity index (χ2n) is 7.32. The van der Waals surface area contributed by atoms with Gasteiger partial charge in [0.15, 0.2) is 0 Å². The van der Waals surface area contributed by atoms with Crippen molar-refractivity contribution in [3.05, 3.63) is 35.9 Å². The zero-order valence-corrected chi connectivity index (χ0v) is 15.7. The van der Waals surface area contributed by atoms with Gasteiger partial charge in [-0.05, 0) is 30.7 Å². The number of rotatable bonds is 8. The van der Waals surface area contributed by atoms with Gasteiger partial charge in [0.05, 0.1) is 19.3 Å². The van der Waals surface area contributed by atoms with E-state index < -0.39 is 5.97 Å². The van der Waals surface area contributed by atoms with Gasteiger partial charge in [0, 0.05) is 19.0 Å². The lowest BCUT2D eigenvalue weighted by molar-refractivity contribution is -0.137. The number of carboxylic acids is 1. The quantitative estimate of drug-likeness (QED) is 0.745. The van der Waals surface area contributed by atoms with E-state index >= 15 is 0 Å².